The Balaban J connectivity index is 1.98. The number of rotatable bonds is 3. The van der Waals surface area contributed by atoms with Crippen LogP contribution in [-0.4, -0.2) is 16.1 Å². The van der Waals surface area contributed by atoms with Crippen LogP contribution in [0.4, 0.5) is 0 Å². The van der Waals surface area contributed by atoms with Gasteiger partial charge in [0, 0.05) is 16.1 Å². The molecule has 0 aliphatic heterocycles. The summed E-state index contributed by atoms with van der Waals surface area (Å²) in [6, 6.07) is 12.1. The largest absolute Gasteiger partial charge is 0.478 e. The summed E-state index contributed by atoms with van der Waals surface area (Å²) in [7, 11) is 0. The van der Waals surface area contributed by atoms with E-state index < -0.39 is 5.97 Å². The van der Waals surface area contributed by atoms with E-state index in [0.29, 0.717) is 22.2 Å². The molecule has 0 saturated carbocycles. The second-order valence-electron chi connectivity index (χ2n) is 4.89. The van der Waals surface area contributed by atoms with Crippen LogP contribution < -0.4 is 0 Å². The number of nitrogens with zero attached hydrogens (tertiary/aromatic N) is 1. The van der Waals surface area contributed by atoms with E-state index in [0.717, 1.165) is 11.1 Å². The zero-order chi connectivity index (χ0) is 15.7. The molecular weight excluding hydrogens is 302 g/mol. The highest BCUT2D eigenvalue weighted by molar-refractivity contribution is 6.31. The third kappa shape index (κ3) is 2.73. The van der Waals surface area contributed by atoms with Crippen molar-refractivity contribution >= 4 is 17.6 Å². The van der Waals surface area contributed by atoms with Gasteiger partial charge in [0.2, 0.25) is 5.89 Å². The first kappa shape index (κ1) is 14.4. The van der Waals surface area contributed by atoms with Crippen LogP contribution in [0, 0.1) is 6.92 Å². The van der Waals surface area contributed by atoms with Crippen molar-refractivity contribution in [1.82, 2.24) is 4.98 Å². The molecule has 0 spiro atoms. The molecule has 2 aromatic carbocycles. The van der Waals surface area contributed by atoms with Crippen LogP contribution in [0.5, 0.6) is 0 Å². The number of hydrogen-bond donors (Lipinski definition) is 1. The van der Waals surface area contributed by atoms with E-state index >= 15 is 0 Å². The quantitative estimate of drug-likeness (QED) is 0.763. The zero-order valence-electron chi connectivity index (χ0n) is 11.7. The monoisotopic (exact) mass is 313 g/mol. The Hall–Kier alpha value is -2.59. The molecule has 22 heavy (non-hydrogen) atoms. The van der Waals surface area contributed by atoms with Gasteiger partial charge in [-0.05, 0) is 42.8 Å². The minimum atomic E-state index is -0.984. The van der Waals surface area contributed by atoms with Crippen LogP contribution in [0.1, 0.15) is 15.9 Å². The molecule has 0 unspecified atom stereocenters. The second kappa shape index (κ2) is 5.66. The fourth-order valence-electron chi connectivity index (χ4n) is 2.13. The topological polar surface area (TPSA) is 63.3 Å². The predicted octanol–water partition coefficient (Wildman–Crippen LogP) is 4.67. The molecule has 110 valence electrons. The first-order chi connectivity index (χ1) is 10.5. The smallest absolute Gasteiger partial charge is 0.335 e. The third-order valence-electron chi connectivity index (χ3n) is 3.31. The summed E-state index contributed by atoms with van der Waals surface area (Å²) >= 11 is 6.02. The summed E-state index contributed by atoms with van der Waals surface area (Å²) in [5, 5.41) is 9.73. The molecule has 4 nitrogen and oxygen atoms in total. The average Bonchev–Trinajstić information content (AvgIpc) is 3.00. The zero-order valence-corrected chi connectivity index (χ0v) is 12.5. The maximum Gasteiger partial charge on any atom is 0.335 e. The number of halogens is 1. The van der Waals surface area contributed by atoms with Gasteiger partial charge in [-0.3, -0.25) is 0 Å². The van der Waals surface area contributed by atoms with Crippen LogP contribution in [0.15, 0.2) is 53.1 Å². The fraction of sp³-hybridized carbons (Fsp3) is 0.0588. The molecule has 0 aliphatic carbocycles. The number of carboxylic acid groups (broad SMARTS) is 1. The van der Waals surface area contributed by atoms with Crippen molar-refractivity contribution in [2.75, 3.05) is 0 Å². The van der Waals surface area contributed by atoms with Crippen molar-refractivity contribution < 1.29 is 14.3 Å². The van der Waals surface area contributed by atoms with E-state index in [-0.39, 0.29) is 5.56 Å². The van der Waals surface area contributed by atoms with Crippen LogP contribution >= 0.6 is 11.6 Å². The summed E-state index contributed by atoms with van der Waals surface area (Å²) in [4.78, 5) is 15.4. The Morgan fingerprint density at radius 1 is 1.18 bits per heavy atom. The SMILES string of the molecule is Cc1cc(-c2coc(-c3cccc(C(=O)O)c3)n2)ccc1Cl. The Labute approximate surface area is 132 Å². The van der Waals surface area contributed by atoms with Crippen molar-refractivity contribution in [2.45, 2.75) is 6.92 Å². The van der Waals surface area contributed by atoms with Gasteiger partial charge in [-0.1, -0.05) is 23.7 Å². The summed E-state index contributed by atoms with van der Waals surface area (Å²) in [5.41, 5.74) is 3.34. The van der Waals surface area contributed by atoms with Gasteiger partial charge in [-0.15, -0.1) is 0 Å². The Morgan fingerprint density at radius 3 is 2.73 bits per heavy atom. The molecule has 0 atom stereocenters. The lowest BCUT2D eigenvalue weighted by Gasteiger charge is -2.00. The maximum atomic E-state index is 11.0. The summed E-state index contributed by atoms with van der Waals surface area (Å²) in [5.74, 6) is -0.604. The van der Waals surface area contributed by atoms with Gasteiger partial charge in [0.15, 0.2) is 0 Å². The van der Waals surface area contributed by atoms with Gasteiger partial charge in [-0.2, -0.15) is 0 Å². The second-order valence-corrected chi connectivity index (χ2v) is 5.30. The van der Waals surface area contributed by atoms with Crippen LogP contribution in [0.3, 0.4) is 0 Å². The van der Waals surface area contributed by atoms with Crippen molar-refractivity contribution in [1.29, 1.82) is 0 Å². The molecule has 1 aromatic heterocycles. The van der Waals surface area contributed by atoms with E-state index in [1.807, 2.05) is 25.1 Å². The maximum absolute atomic E-state index is 11.0. The van der Waals surface area contributed by atoms with Gasteiger partial charge in [0.1, 0.15) is 12.0 Å². The number of carboxylic acids is 1. The van der Waals surface area contributed by atoms with Gasteiger partial charge in [0.25, 0.3) is 0 Å². The molecule has 0 saturated heterocycles. The van der Waals surface area contributed by atoms with Crippen molar-refractivity contribution in [3.8, 4) is 22.7 Å². The molecular formula is C17H12ClNO3. The van der Waals surface area contributed by atoms with Gasteiger partial charge >= 0.3 is 5.97 Å². The molecule has 1 N–H and O–H groups in total. The number of oxazole rings is 1. The predicted molar refractivity (Wildman–Crippen MR) is 84.1 cm³/mol. The van der Waals surface area contributed by atoms with E-state index in [4.69, 9.17) is 21.1 Å². The molecule has 0 amide bonds. The van der Waals surface area contributed by atoms with Gasteiger partial charge in [-0.25, -0.2) is 9.78 Å². The lowest BCUT2D eigenvalue weighted by molar-refractivity contribution is 0.0697. The number of aromatic carboxylic acids is 1. The number of carbonyl (C=O) groups is 1. The lowest BCUT2D eigenvalue weighted by Crippen LogP contribution is -1.95. The number of hydrogen-bond acceptors (Lipinski definition) is 3. The van der Waals surface area contributed by atoms with E-state index in [9.17, 15) is 4.79 Å². The van der Waals surface area contributed by atoms with Gasteiger partial charge in [0.05, 0.1) is 5.56 Å². The van der Waals surface area contributed by atoms with E-state index in [2.05, 4.69) is 4.98 Å². The highest BCUT2D eigenvalue weighted by Crippen LogP contribution is 2.27. The van der Waals surface area contributed by atoms with Crippen LogP contribution in [0.25, 0.3) is 22.7 Å². The standard InChI is InChI=1S/C17H12ClNO3/c1-10-7-11(5-6-14(10)18)15-9-22-16(19-15)12-3-2-4-13(8-12)17(20)21/h2-9H,1H3,(H,20,21). The molecule has 3 rings (SSSR count). The Bertz CT molecular complexity index is 855. The minimum Gasteiger partial charge on any atom is -0.478 e. The average molecular weight is 314 g/mol. The van der Waals surface area contributed by atoms with E-state index in [1.165, 1.54) is 12.1 Å². The Morgan fingerprint density at radius 2 is 2.00 bits per heavy atom. The first-order valence-corrected chi connectivity index (χ1v) is 6.98. The number of benzene rings is 2. The third-order valence-corrected chi connectivity index (χ3v) is 3.74. The van der Waals surface area contributed by atoms with Crippen LogP contribution in [0.2, 0.25) is 5.02 Å². The fourth-order valence-corrected chi connectivity index (χ4v) is 2.25. The van der Waals surface area contributed by atoms with Crippen molar-refractivity contribution in [2.24, 2.45) is 0 Å². The molecule has 0 radical (unpaired) electrons. The van der Waals surface area contributed by atoms with Crippen molar-refractivity contribution in [3.63, 3.8) is 0 Å². The normalized spacial score (nSPS) is 10.6. The highest BCUT2D eigenvalue weighted by Gasteiger charge is 2.11. The minimum absolute atomic E-state index is 0.194. The molecule has 0 aliphatic rings. The number of aryl methyl sites for hydroxylation is 1. The molecule has 5 heteroatoms. The number of aromatic nitrogens is 1. The first-order valence-electron chi connectivity index (χ1n) is 6.60. The molecule has 3 aromatic rings. The van der Waals surface area contributed by atoms with Crippen molar-refractivity contribution in [3.05, 3.63) is 64.9 Å². The molecule has 1 heterocycles. The Kier molecular flexibility index (Phi) is 3.69. The van der Waals surface area contributed by atoms with Crippen LogP contribution in [-0.2, 0) is 0 Å². The van der Waals surface area contributed by atoms with E-state index in [1.54, 1.807) is 18.4 Å². The molecule has 0 fully saturated rings. The summed E-state index contributed by atoms with van der Waals surface area (Å²) in [6.07, 6.45) is 1.55. The van der Waals surface area contributed by atoms with Gasteiger partial charge < -0.3 is 9.52 Å². The highest BCUT2D eigenvalue weighted by atomic mass is 35.5. The lowest BCUT2D eigenvalue weighted by atomic mass is 10.1. The molecule has 0 bridgehead atoms. The summed E-state index contributed by atoms with van der Waals surface area (Å²) in [6.45, 7) is 1.92. The summed E-state index contributed by atoms with van der Waals surface area (Å²) < 4.78 is 5.47.